The van der Waals surface area contributed by atoms with Crippen LogP contribution in [0.15, 0.2) is 128 Å². The van der Waals surface area contributed by atoms with E-state index in [-0.39, 0.29) is 11.5 Å². The lowest BCUT2D eigenvalue weighted by Gasteiger charge is -2.12. The van der Waals surface area contributed by atoms with Crippen LogP contribution in [0.3, 0.4) is 0 Å². The molecule has 2 N–H and O–H groups in total. The lowest BCUT2D eigenvalue weighted by molar-refractivity contribution is -0.129. The van der Waals surface area contributed by atoms with Gasteiger partial charge in [-0.05, 0) is 55.2 Å². The van der Waals surface area contributed by atoms with Gasteiger partial charge < -0.3 is 14.9 Å². The fourth-order valence-electron chi connectivity index (χ4n) is 4.69. The van der Waals surface area contributed by atoms with Gasteiger partial charge in [-0.1, -0.05) is 168 Å². The standard InChI is InChI=1S/C42H52O4/c1-3-4-5-6-7-8-16-19-22-25-28-39-40(44)34-36(2)35-41(39)46-42(45)29-26-23-20-17-14-12-10-9-11-13-15-18-21-24-27-37-30-32-38(43)33-31-37/h9-15,17-18,20-21,23-24,26-27,29-35,43-44H,3-8,16,19,22,25,28H2,1-2H3. The molecule has 0 aromatic heterocycles. The van der Waals surface area contributed by atoms with Gasteiger partial charge >= 0.3 is 5.97 Å². The van der Waals surface area contributed by atoms with Crippen LogP contribution >= 0.6 is 0 Å². The summed E-state index contributed by atoms with van der Waals surface area (Å²) in [4.78, 5) is 12.5. The van der Waals surface area contributed by atoms with Gasteiger partial charge in [-0.3, -0.25) is 0 Å². The largest absolute Gasteiger partial charge is 0.508 e. The van der Waals surface area contributed by atoms with Crippen LogP contribution in [0, 0.1) is 6.92 Å². The Morgan fingerprint density at radius 1 is 0.630 bits per heavy atom. The molecule has 0 unspecified atom stereocenters. The Bertz CT molecular complexity index is 1380. The molecule has 2 aromatic carbocycles. The van der Waals surface area contributed by atoms with E-state index in [0.717, 1.165) is 24.0 Å². The second-order valence-electron chi connectivity index (χ2n) is 11.2. The van der Waals surface area contributed by atoms with Gasteiger partial charge in [0, 0.05) is 11.6 Å². The van der Waals surface area contributed by atoms with Crippen LogP contribution in [-0.4, -0.2) is 16.2 Å². The maximum absolute atomic E-state index is 12.5. The number of rotatable bonds is 21. The van der Waals surface area contributed by atoms with E-state index >= 15 is 0 Å². The molecule has 0 radical (unpaired) electrons. The van der Waals surface area contributed by atoms with Crippen LogP contribution in [0.4, 0.5) is 0 Å². The minimum atomic E-state index is -0.468. The number of phenolic OH excluding ortho intramolecular Hbond substituents is 2. The van der Waals surface area contributed by atoms with Crippen LogP contribution in [0.2, 0.25) is 0 Å². The monoisotopic (exact) mass is 620 g/mol. The highest BCUT2D eigenvalue weighted by Gasteiger charge is 2.13. The lowest BCUT2D eigenvalue weighted by Crippen LogP contribution is -2.06. The average molecular weight is 621 g/mol. The van der Waals surface area contributed by atoms with E-state index in [1.165, 1.54) is 57.4 Å². The molecule has 0 aliphatic carbocycles. The fourth-order valence-corrected chi connectivity index (χ4v) is 4.69. The normalized spacial score (nSPS) is 12.7. The van der Waals surface area contributed by atoms with E-state index in [1.54, 1.807) is 30.4 Å². The Morgan fingerprint density at radius 3 is 1.65 bits per heavy atom. The summed E-state index contributed by atoms with van der Waals surface area (Å²) in [5.74, 6) is 0.432. The summed E-state index contributed by atoms with van der Waals surface area (Å²) < 4.78 is 5.61. The van der Waals surface area contributed by atoms with Gasteiger partial charge in [0.2, 0.25) is 0 Å². The quantitative estimate of drug-likeness (QED) is 0.0479. The highest BCUT2D eigenvalue weighted by Crippen LogP contribution is 2.31. The molecule has 0 heterocycles. The first-order chi connectivity index (χ1) is 22.5. The number of allylic oxidation sites excluding steroid dienone is 14. The fraction of sp³-hybridized carbons (Fsp3) is 0.310. The van der Waals surface area contributed by atoms with Crippen molar-refractivity contribution in [3.8, 4) is 17.2 Å². The summed E-state index contributed by atoms with van der Waals surface area (Å²) in [6.07, 6.45) is 43.0. The van der Waals surface area contributed by atoms with E-state index in [2.05, 4.69) is 6.92 Å². The molecule has 0 aliphatic rings. The van der Waals surface area contributed by atoms with E-state index in [4.69, 9.17) is 4.74 Å². The molecule has 0 spiro atoms. The number of ether oxygens (including phenoxy) is 1. The number of carbonyl (C=O) groups is 1. The molecule has 0 atom stereocenters. The van der Waals surface area contributed by atoms with Crippen LogP contribution in [0.5, 0.6) is 17.2 Å². The van der Waals surface area contributed by atoms with Gasteiger partial charge in [0.15, 0.2) is 0 Å². The molecule has 0 fully saturated rings. The van der Waals surface area contributed by atoms with Gasteiger partial charge in [0.25, 0.3) is 0 Å². The number of phenols is 2. The summed E-state index contributed by atoms with van der Waals surface area (Å²) >= 11 is 0. The molecular formula is C42H52O4. The van der Waals surface area contributed by atoms with Crippen molar-refractivity contribution in [1.82, 2.24) is 0 Å². The molecule has 0 amide bonds. The van der Waals surface area contributed by atoms with Crippen molar-refractivity contribution in [3.63, 3.8) is 0 Å². The zero-order valence-electron chi connectivity index (χ0n) is 27.7. The number of hydrogen-bond donors (Lipinski definition) is 2. The van der Waals surface area contributed by atoms with Crippen molar-refractivity contribution >= 4 is 12.0 Å². The molecule has 46 heavy (non-hydrogen) atoms. The van der Waals surface area contributed by atoms with E-state index in [9.17, 15) is 15.0 Å². The summed E-state index contributed by atoms with van der Waals surface area (Å²) in [5, 5.41) is 19.8. The maximum Gasteiger partial charge on any atom is 0.336 e. The SMILES string of the molecule is CCCCCCCCCCCCc1c(O)cc(C)cc1OC(=O)C=CC=CC=CC=CC=CC=CC=CC=Cc1ccc(O)cc1. The Balaban J connectivity index is 1.68. The molecule has 2 rings (SSSR count). The molecule has 4 nitrogen and oxygen atoms in total. The third-order valence-electron chi connectivity index (χ3n) is 7.18. The first-order valence-electron chi connectivity index (χ1n) is 16.7. The van der Waals surface area contributed by atoms with Gasteiger partial charge in [-0.25, -0.2) is 4.79 Å². The number of aryl methyl sites for hydroxylation is 1. The molecule has 2 aromatic rings. The number of aromatic hydroxyl groups is 2. The molecule has 0 saturated carbocycles. The first kappa shape index (κ1) is 37.6. The molecule has 0 bridgehead atoms. The average Bonchev–Trinajstić information content (AvgIpc) is 3.03. The van der Waals surface area contributed by atoms with Gasteiger partial charge in [0.1, 0.15) is 17.2 Å². The summed E-state index contributed by atoms with van der Waals surface area (Å²) in [6.45, 7) is 4.13. The summed E-state index contributed by atoms with van der Waals surface area (Å²) in [5.41, 5.74) is 2.59. The Labute approximate surface area is 277 Å². The number of carbonyl (C=O) groups excluding carboxylic acids is 1. The van der Waals surface area contributed by atoms with Gasteiger partial charge in [0.05, 0.1) is 0 Å². The highest BCUT2D eigenvalue weighted by molar-refractivity contribution is 5.84. The van der Waals surface area contributed by atoms with Crippen molar-refractivity contribution in [2.75, 3.05) is 0 Å². The molecule has 0 aliphatic heterocycles. The minimum Gasteiger partial charge on any atom is -0.508 e. The first-order valence-corrected chi connectivity index (χ1v) is 16.7. The Kier molecular flexibility index (Phi) is 20.2. The summed E-state index contributed by atoms with van der Waals surface area (Å²) in [6, 6.07) is 10.6. The molecule has 0 saturated heterocycles. The van der Waals surface area contributed by atoms with E-state index in [0.29, 0.717) is 17.7 Å². The van der Waals surface area contributed by atoms with Crippen molar-refractivity contribution in [2.45, 2.75) is 84.5 Å². The van der Waals surface area contributed by atoms with Crippen LogP contribution in [0.1, 0.15) is 87.8 Å². The Morgan fingerprint density at radius 2 is 1.11 bits per heavy atom. The lowest BCUT2D eigenvalue weighted by atomic mass is 10.0. The van der Waals surface area contributed by atoms with Crippen molar-refractivity contribution in [2.24, 2.45) is 0 Å². The van der Waals surface area contributed by atoms with Crippen molar-refractivity contribution < 1.29 is 19.7 Å². The number of esters is 1. The molecule has 244 valence electrons. The van der Waals surface area contributed by atoms with Crippen molar-refractivity contribution in [1.29, 1.82) is 0 Å². The second kappa shape index (κ2) is 24.7. The summed E-state index contributed by atoms with van der Waals surface area (Å²) in [7, 11) is 0. The minimum absolute atomic E-state index is 0.194. The topological polar surface area (TPSA) is 66.8 Å². The van der Waals surface area contributed by atoms with Crippen molar-refractivity contribution in [3.05, 3.63) is 144 Å². The second-order valence-corrected chi connectivity index (χ2v) is 11.2. The smallest absolute Gasteiger partial charge is 0.336 e. The number of unbranched alkanes of at least 4 members (excludes halogenated alkanes) is 9. The van der Waals surface area contributed by atoms with E-state index in [1.807, 2.05) is 104 Å². The van der Waals surface area contributed by atoms with Gasteiger partial charge in [-0.2, -0.15) is 0 Å². The predicted molar refractivity (Wildman–Crippen MR) is 195 cm³/mol. The third-order valence-corrected chi connectivity index (χ3v) is 7.18. The third kappa shape index (κ3) is 18.3. The highest BCUT2D eigenvalue weighted by atomic mass is 16.5. The number of hydrogen-bond acceptors (Lipinski definition) is 4. The Hall–Kier alpha value is -4.57. The maximum atomic E-state index is 12.5. The molecule has 4 heteroatoms. The predicted octanol–water partition coefficient (Wildman–Crippen LogP) is 11.4. The zero-order valence-corrected chi connectivity index (χ0v) is 27.7. The van der Waals surface area contributed by atoms with Gasteiger partial charge in [-0.15, -0.1) is 0 Å². The zero-order chi connectivity index (χ0) is 33.1. The molecular weight excluding hydrogens is 568 g/mol. The van der Waals surface area contributed by atoms with Crippen LogP contribution < -0.4 is 4.74 Å². The van der Waals surface area contributed by atoms with Crippen LogP contribution in [-0.2, 0) is 11.2 Å². The van der Waals surface area contributed by atoms with E-state index < -0.39 is 5.97 Å². The number of benzene rings is 2. The van der Waals surface area contributed by atoms with Crippen LogP contribution in [0.25, 0.3) is 6.08 Å².